The SMILES string of the molecule is CC1(CNC(=O)Cc2ccccc2)COC(c2nc(-c3ccc(F)cc3)c(-c3ccnc(NCC(=O)O)n3)[nH]2)OC1. The van der Waals surface area contributed by atoms with Crippen molar-refractivity contribution in [1.82, 2.24) is 25.3 Å². The van der Waals surface area contributed by atoms with Crippen molar-refractivity contribution in [2.24, 2.45) is 5.41 Å². The zero-order valence-corrected chi connectivity index (χ0v) is 22.3. The first-order chi connectivity index (χ1) is 19.8. The van der Waals surface area contributed by atoms with Gasteiger partial charge < -0.3 is 30.2 Å². The molecule has 12 heteroatoms. The van der Waals surface area contributed by atoms with Gasteiger partial charge in [-0.1, -0.05) is 37.3 Å². The molecule has 0 radical (unpaired) electrons. The van der Waals surface area contributed by atoms with E-state index in [4.69, 9.17) is 19.6 Å². The Balaban J connectivity index is 1.31. The van der Waals surface area contributed by atoms with Crippen LogP contribution in [0.15, 0.2) is 66.9 Å². The van der Waals surface area contributed by atoms with E-state index in [2.05, 4.69) is 25.6 Å². The summed E-state index contributed by atoms with van der Waals surface area (Å²) >= 11 is 0. The monoisotopic (exact) mass is 560 g/mol. The van der Waals surface area contributed by atoms with E-state index in [1.165, 1.54) is 18.3 Å². The van der Waals surface area contributed by atoms with Crippen LogP contribution in [0.3, 0.4) is 0 Å². The summed E-state index contributed by atoms with van der Waals surface area (Å²) in [6.07, 6.45) is 0.966. The second-order valence-corrected chi connectivity index (χ2v) is 10.1. The average Bonchev–Trinajstić information content (AvgIpc) is 3.42. The maximum atomic E-state index is 13.6. The molecule has 0 atom stereocenters. The van der Waals surface area contributed by atoms with Gasteiger partial charge in [-0.15, -0.1) is 0 Å². The van der Waals surface area contributed by atoms with Gasteiger partial charge in [-0.05, 0) is 35.9 Å². The van der Waals surface area contributed by atoms with E-state index in [0.717, 1.165) is 5.56 Å². The van der Waals surface area contributed by atoms with Gasteiger partial charge in [0.15, 0.2) is 5.82 Å². The molecule has 0 unspecified atom stereocenters. The van der Waals surface area contributed by atoms with Crippen LogP contribution in [-0.2, 0) is 25.5 Å². The Morgan fingerprint density at radius 1 is 1.07 bits per heavy atom. The van der Waals surface area contributed by atoms with Crippen molar-refractivity contribution in [1.29, 1.82) is 0 Å². The van der Waals surface area contributed by atoms with Crippen LogP contribution in [0.2, 0.25) is 0 Å². The topological polar surface area (TPSA) is 151 Å². The minimum atomic E-state index is -1.05. The quantitative estimate of drug-likeness (QED) is 0.228. The Labute approximate surface area is 235 Å². The fraction of sp³-hybridized carbons (Fsp3) is 0.276. The molecule has 1 saturated heterocycles. The molecular formula is C29H29FN6O5. The van der Waals surface area contributed by atoms with Crippen LogP contribution < -0.4 is 10.6 Å². The lowest BCUT2D eigenvalue weighted by atomic mass is 9.92. The number of halogens is 1. The number of nitrogens with one attached hydrogen (secondary N) is 3. The standard InChI is InChI=1S/C29H29FN6O5/c1-29(15-33-22(37)13-18-5-3-2-4-6-18)16-40-27(41-17-29)26-35-24(19-7-9-20(30)10-8-19)25(36-26)21-11-12-31-28(34-21)32-14-23(38)39/h2-12,27H,13-17H2,1H3,(H,33,37)(H,35,36)(H,38,39)(H,31,32,34). The van der Waals surface area contributed by atoms with Crippen molar-refractivity contribution >= 4 is 17.8 Å². The number of carbonyl (C=O) groups excluding carboxylic acids is 1. The highest BCUT2D eigenvalue weighted by Crippen LogP contribution is 2.35. The summed E-state index contributed by atoms with van der Waals surface area (Å²) in [6.45, 7) is 2.61. The molecule has 1 aliphatic rings. The van der Waals surface area contributed by atoms with Gasteiger partial charge in [-0.2, -0.15) is 0 Å². The van der Waals surface area contributed by atoms with Crippen LogP contribution in [0, 0.1) is 11.2 Å². The van der Waals surface area contributed by atoms with E-state index in [-0.39, 0.29) is 24.2 Å². The van der Waals surface area contributed by atoms with Gasteiger partial charge in [0, 0.05) is 23.7 Å². The number of hydrogen-bond acceptors (Lipinski definition) is 8. The van der Waals surface area contributed by atoms with Crippen molar-refractivity contribution in [2.45, 2.75) is 19.6 Å². The third kappa shape index (κ3) is 7.10. The van der Waals surface area contributed by atoms with Gasteiger partial charge in [0.2, 0.25) is 18.1 Å². The predicted octanol–water partition coefficient (Wildman–Crippen LogP) is 3.58. The van der Waals surface area contributed by atoms with Gasteiger partial charge in [0.1, 0.15) is 12.4 Å². The molecule has 11 nitrogen and oxygen atoms in total. The van der Waals surface area contributed by atoms with Gasteiger partial charge in [0.25, 0.3) is 0 Å². The Hall–Kier alpha value is -4.68. The molecule has 5 rings (SSSR count). The summed E-state index contributed by atoms with van der Waals surface area (Å²) in [5.74, 6) is -1.01. The van der Waals surface area contributed by atoms with Crippen LogP contribution in [0.1, 0.15) is 24.6 Å². The fourth-order valence-corrected chi connectivity index (χ4v) is 4.30. The van der Waals surface area contributed by atoms with E-state index in [1.54, 1.807) is 18.2 Å². The number of ether oxygens (including phenoxy) is 2. The predicted molar refractivity (Wildman–Crippen MR) is 147 cm³/mol. The first kappa shape index (κ1) is 27.9. The van der Waals surface area contributed by atoms with Crippen molar-refractivity contribution in [3.63, 3.8) is 0 Å². The molecule has 2 aromatic carbocycles. The number of carbonyl (C=O) groups is 2. The molecule has 212 valence electrons. The second-order valence-electron chi connectivity index (χ2n) is 10.1. The Kier molecular flexibility index (Phi) is 8.31. The number of carboxylic acid groups (broad SMARTS) is 1. The average molecular weight is 561 g/mol. The van der Waals surface area contributed by atoms with Crippen molar-refractivity contribution in [3.05, 3.63) is 84.1 Å². The highest BCUT2D eigenvalue weighted by molar-refractivity contribution is 5.79. The third-order valence-electron chi connectivity index (χ3n) is 6.46. The highest BCUT2D eigenvalue weighted by atomic mass is 19.1. The fourth-order valence-electron chi connectivity index (χ4n) is 4.30. The van der Waals surface area contributed by atoms with Crippen molar-refractivity contribution < 1.29 is 28.6 Å². The Morgan fingerprint density at radius 2 is 1.80 bits per heavy atom. The van der Waals surface area contributed by atoms with Crippen LogP contribution in [-0.4, -0.2) is 63.2 Å². The summed E-state index contributed by atoms with van der Waals surface area (Å²) in [5, 5.41) is 14.6. The highest BCUT2D eigenvalue weighted by Gasteiger charge is 2.35. The molecule has 41 heavy (non-hydrogen) atoms. The number of aromatic nitrogens is 4. The van der Waals surface area contributed by atoms with E-state index in [9.17, 15) is 14.0 Å². The molecule has 1 aliphatic heterocycles. The van der Waals surface area contributed by atoms with Gasteiger partial charge >= 0.3 is 5.97 Å². The zero-order valence-electron chi connectivity index (χ0n) is 22.3. The van der Waals surface area contributed by atoms with Crippen molar-refractivity contribution in [3.8, 4) is 22.6 Å². The normalized spacial score (nSPS) is 18.5. The largest absolute Gasteiger partial charge is 0.480 e. The summed E-state index contributed by atoms with van der Waals surface area (Å²) in [7, 11) is 0. The number of carboxylic acids is 1. The lowest BCUT2D eigenvalue weighted by Crippen LogP contribution is -2.45. The summed E-state index contributed by atoms with van der Waals surface area (Å²) < 4.78 is 25.7. The molecule has 1 fully saturated rings. The number of nitrogens with zero attached hydrogens (tertiary/aromatic N) is 3. The van der Waals surface area contributed by atoms with E-state index < -0.39 is 17.7 Å². The minimum absolute atomic E-state index is 0.0822. The Morgan fingerprint density at radius 3 is 2.51 bits per heavy atom. The molecule has 0 spiro atoms. The van der Waals surface area contributed by atoms with Crippen LogP contribution in [0.25, 0.3) is 22.6 Å². The van der Waals surface area contributed by atoms with Gasteiger partial charge in [-0.3, -0.25) is 9.59 Å². The second kappa shape index (κ2) is 12.2. The Bertz CT molecular complexity index is 1500. The number of aromatic amines is 1. The number of rotatable bonds is 10. The maximum Gasteiger partial charge on any atom is 0.322 e. The molecule has 4 N–H and O–H groups in total. The lowest BCUT2D eigenvalue weighted by Gasteiger charge is -2.36. The van der Waals surface area contributed by atoms with Crippen molar-refractivity contribution in [2.75, 3.05) is 31.6 Å². The molecule has 1 amide bonds. The number of amides is 1. The molecule has 0 bridgehead atoms. The van der Waals surface area contributed by atoms with Crippen LogP contribution >= 0.6 is 0 Å². The van der Waals surface area contributed by atoms with Crippen LogP contribution in [0.4, 0.5) is 10.3 Å². The first-order valence-corrected chi connectivity index (χ1v) is 13.0. The summed E-state index contributed by atoms with van der Waals surface area (Å²) in [6, 6.07) is 17.0. The summed E-state index contributed by atoms with van der Waals surface area (Å²) in [4.78, 5) is 39.8. The maximum absolute atomic E-state index is 13.6. The zero-order chi connectivity index (χ0) is 28.8. The van der Waals surface area contributed by atoms with Crippen LogP contribution in [0.5, 0.6) is 0 Å². The molecule has 0 aliphatic carbocycles. The van der Waals surface area contributed by atoms with E-state index in [1.807, 2.05) is 37.3 Å². The molecule has 0 saturated carbocycles. The van der Waals surface area contributed by atoms with Gasteiger partial charge in [0.05, 0.1) is 36.7 Å². The smallest absolute Gasteiger partial charge is 0.322 e. The summed E-state index contributed by atoms with van der Waals surface area (Å²) in [5.41, 5.74) is 2.54. The molecule has 4 aromatic rings. The van der Waals surface area contributed by atoms with E-state index >= 15 is 0 Å². The molecular weight excluding hydrogens is 531 g/mol. The minimum Gasteiger partial charge on any atom is -0.480 e. The molecule has 3 heterocycles. The number of H-pyrrole nitrogens is 1. The first-order valence-electron chi connectivity index (χ1n) is 13.0. The lowest BCUT2D eigenvalue weighted by molar-refractivity contribution is -0.232. The number of benzene rings is 2. The number of imidazole rings is 1. The number of anilines is 1. The number of aliphatic carboxylic acids is 1. The van der Waals surface area contributed by atoms with E-state index in [0.29, 0.717) is 54.6 Å². The van der Waals surface area contributed by atoms with Gasteiger partial charge in [-0.25, -0.2) is 19.3 Å². The third-order valence-corrected chi connectivity index (χ3v) is 6.46. The molecule has 2 aromatic heterocycles. The number of hydrogen-bond donors (Lipinski definition) is 4.